The van der Waals surface area contributed by atoms with E-state index in [1.807, 2.05) is 30.3 Å². The highest BCUT2D eigenvalue weighted by molar-refractivity contribution is 6.02. The molecule has 134 valence electrons. The SMILES string of the molecule is COc1ccccc1CCNc1ccc(C(=O)Nc2cc(C)on2)nc1. The van der Waals surface area contributed by atoms with E-state index in [-0.39, 0.29) is 5.91 Å². The van der Waals surface area contributed by atoms with Crippen molar-refractivity contribution in [3.05, 3.63) is 65.7 Å². The number of carbonyl (C=O) groups excluding carboxylic acids is 1. The summed E-state index contributed by atoms with van der Waals surface area (Å²) >= 11 is 0. The van der Waals surface area contributed by atoms with Crippen LogP contribution in [0.1, 0.15) is 21.8 Å². The van der Waals surface area contributed by atoms with Gasteiger partial charge in [-0.05, 0) is 37.1 Å². The first kappa shape index (κ1) is 17.5. The van der Waals surface area contributed by atoms with Gasteiger partial charge in [-0.1, -0.05) is 23.4 Å². The van der Waals surface area contributed by atoms with Crippen molar-refractivity contribution in [3.63, 3.8) is 0 Å². The smallest absolute Gasteiger partial charge is 0.275 e. The molecular formula is C19H20N4O3. The summed E-state index contributed by atoms with van der Waals surface area (Å²) in [7, 11) is 1.67. The molecule has 1 amide bonds. The van der Waals surface area contributed by atoms with E-state index in [1.54, 1.807) is 32.4 Å². The highest BCUT2D eigenvalue weighted by atomic mass is 16.5. The number of carbonyl (C=O) groups is 1. The number of methoxy groups -OCH3 is 1. The Balaban J connectivity index is 1.53. The van der Waals surface area contributed by atoms with E-state index in [4.69, 9.17) is 9.26 Å². The van der Waals surface area contributed by atoms with Crippen molar-refractivity contribution in [2.75, 3.05) is 24.3 Å². The molecule has 2 heterocycles. The van der Waals surface area contributed by atoms with Crippen molar-refractivity contribution in [1.82, 2.24) is 10.1 Å². The normalized spacial score (nSPS) is 10.4. The molecule has 0 radical (unpaired) electrons. The molecular weight excluding hydrogens is 332 g/mol. The van der Waals surface area contributed by atoms with E-state index >= 15 is 0 Å². The van der Waals surface area contributed by atoms with Crippen LogP contribution < -0.4 is 15.4 Å². The maximum absolute atomic E-state index is 12.1. The summed E-state index contributed by atoms with van der Waals surface area (Å²) in [6.45, 7) is 2.48. The lowest BCUT2D eigenvalue weighted by Crippen LogP contribution is -2.14. The second-order valence-corrected chi connectivity index (χ2v) is 5.70. The third kappa shape index (κ3) is 4.38. The fraction of sp³-hybridized carbons (Fsp3) is 0.211. The number of nitrogens with zero attached hydrogens (tertiary/aromatic N) is 2. The van der Waals surface area contributed by atoms with E-state index in [0.717, 1.165) is 30.0 Å². The molecule has 0 aliphatic heterocycles. The molecule has 0 aliphatic carbocycles. The summed E-state index contributed by atoms with van der Waals surface area (Å²) in [4.78, 5) is 16.3. The maximum Gasteiger partial charge on any atom is 0.275 e. The monoisotopic (exact) mass is 352 g/mol. The van der Waals surface area contributed by atoms with Gasteiger partial charge in [0.05, 0.1) is 19.0 Å². The summed E-state index contributed by atoms with van der Waals surface area (Å²) in [5.74, 6) is 1.54. The van der Waals surface area contributed by atoms with Crippen LogP contribution in [0, 0.1) is 6.92 Å². The lowest BCUT2D eigenvalue weighted by molar-refractivity contribution is 0.102. The van der Waals surface area contributed by atoms with Gasteiger partial charge in [0.25, 0.3) is 5.91 Å². The van der Waals surface area contributed by atoms with Crippen molar-refractivity contribution in [2.45, 2.75) is 13.3 Å². The van der Waals surface area contributed by atoms with Gasteiger partial charge in [0.2, 0.25) is 0 Å². The summed E-state index contributed by atoms with van der Waals surface area (Å²) in [5, 5.41) is 9.65. The highest BCUT2D eigenvalue weighted by Gasteiger charge is 2.10. The summed E-state index contributed by atoms with van der Waals surface area (Å²) in [6, 6.07) is 13.0. The fourth-order valence-electron chi connectivity index (χ4n) is 2.49. The molecule has 0 atom stereocenters. The number of amides is 1. The predicted octanol–water partition coefficient (Wildman–Crippen LogP) is 3.29. The minimum atomic E-state index is -0.334. The van der Waals surface area contributed by atoms with Gasteiger partial charge in [0, 0.05) is 12.6 Å². The van der Waals surface area contributed by atoms with E-state index in [2.05, 4.69) is 20.8 Å². The van der Waals surface area contributed by atoms with Crippen molar-refractivity contribution in [3.8, 4) is 5.75 Å². The lowest BCUT2D eigenvalue weighted by atomic mass is 10.1. The van der Waals surface area contributed by atoms with Crippen LogP contribution in [0.4, 0.5) is 11.5 Å². The van der Waals surface area contributed by atoms with Gasteiger partial charge in [0.15, 0.2) is 5.82 Å². The largest absolute Gasteiger partial charge is 0.496 e. The first-order valence-corrected chi connectivity index (χ1v) is 8.22. The molecule has 0 unspecified atom stereocenters. The van der Waals surface area contributed by atoms with Crippen LogP contribution in [0.15, 0.2) is 53.2 Å². The molecule has 0 bridgehead atoms. The Morgan fingerprint density at radius 2 is 2.08 bits per heavy atom. The number of anilines is 2. The molecule has 7 nitrogen and oxygen atoms in total. The Morgan fingerprint density at radius 3 is 2.77 bits per heavy atom. The molecule has 3 aromatic rings. The zero-order valence-corrected chi connectivity index (χ0v) is 14.7. The van der Waals surface area contributed by atoms with Crippen LogP contribution in [-0.2, 0) is 6.42 Å². The molecule has 3 rings (SSSR count). The Labute approximate surface area is 151 Å². The summed E-state index contributed by atoms with van der Waals surface area (Å²) in [5.41, 5.74) is 2.28. The second kappa shape index (κ2) is 8.15. The minimum absolute atomic E-state index is 0.306. The molecule has 0 spiro atoms. The fourth-order valence-corrected chi connectivity index (χ4v) is 2.49. The average Bonchev–Trinajstić information content (AvgIpc) is 3.07. The van der Waals surface area contributed by atoms with Gasteiger partial charge in [-0.15, -0.1) is 0 Å². The molecule has 0 fully saturated rings. The van der Waals surface area contributed by atoms with Crippen LogP contribution in [0.25, 0.3) is 0 Å². The number of benzene rings is 1. The summed E-state index contributed by atoms with van der Waals surface area (Å²) < 4.78 is 10.3. The Kier molecular flexibility index (Phi) is 5.48. The molecule has 26 heavy (non-hydrogen) atoms. The first-order chi connectivity index (χ1) is 12.7. The van der Waals surface area contributed by atoms with E-state index < -0.39 is 0 Å². The number of pyridine rings is 1. The highest BCUT2D eigenvalue weighted by Crippen LogP contribution is 2.18. The molecule has 2 N–H and O–H groups in total. The van der Waals surface area contributed by atoms with Gasteiger partial charge < -0.3 is 19.9 Å². The molecule has 0 aliphatic rings. The average molecular weight is 352 g/mol. The van der Waals surface area contributed by atoms with Crippen molar-refractivity contribution >= 4 is 17.4 Å². The van der Waals surface area contributed by atoms with Gasteiger partial charge in [-0.25, -0.2) is 4.98 Å². The first-order valence-electron chi connectivity index (χ1n) is 8.22. The van der Waals surface area contributed by atoms with E-state index in [1.165, 1.54) is 0 Å². The Hall–Kier alpha value is -3.35. The quantitative estimate of drug-likeness (QED) is 0.678. The van der Waals surface area contributed by atoms with E-state index in [9.17, 15) is 4.79 Å². The van der Waals surface area contributed by atoms with Crippen molar-refractivity contribution in [2.24, 2.45) is 0 Å². The molecule has 2 aromatic heterocycles. The van der Waals surface area contributed by atoms with Crippen molar-refractivity contribution < 1.29 is 14.1 Å². The lowest BCUT2D eigenvalue weighted by Gasteiger charge is -2.10. The van der Waals surface area contributed by atoms with E-state index in [0.29, 0.717) is 17.3 Å². The number of aryl methyl sites for hydroxylation is 1. The number of hydrogen-bond acceptors (Lipinski definition) is 6. The number of hydrogen-bond donors (Lipinski definition) is 2. The van der Waals surface area contributed by atoms with Crippen LogP contribution >= 0.6 is 0 Å². The molecule has 1 aromatic carbocycles. The van der Waals surface area contributed by atoms with Crippen LogP contribution in [0.2, 0.25) is 0 Å². The number of para-hydroxylation sites is 1. The third-order valence-electron chi connectivity index (χ3n) is 3.78. The minimum Gasteiger partial charge on any atom is -0.496 e. The van der Waals surface area contributed by atoms with Gasteiger partial charge in [-0.2, -0.15) is 0 Å². The van der Waals surface area contributed by atoms with Crippen molar-refractivity contribution in [1.29, 1.82) is 0 Å². The van der Waals surface area contributed by atoms with Gasteiger partial charge >= 0.3 is 0 Å². The van der Waals surface area contributed by atoms with Crippen LogP contribution in [0.3, 0.4) is 0 Å². The zero-order valence-electron chi connectivity index (χ0n) is 14.7. The predicted molar refractivity (Wildman–Crippen MR) is 98.6 cm³/mol. The Bertz CT molecular complexity index is 875. The number of ether oxygens (including phenoxy) is 1. The summed E-state index contributed by atoms with van der Waals surface area (Å²) in [6.07, 6.45) is 2.45. The standard InChI is InChI=1S/C19H20N4O3/c1-13-11-18(23-26-13)22-19(24)16-8-7-15(12-21-16)20-10-9-14-5-3-4-6-17(14)25-2/h3-8,11-12,20H,9-10H2,1-2H3,(H,22,23,24). The third-order valence-corrected chi connectivity index (χ3v) is 3.78. The van der Waals surface area contributed by atoms with Crippen LogP contribution in [-0.4, -0.2) is 29.7 Å². The Morgan fingerprint density at radius 1 is 1.23 bits per heavy atom. The zero-order chi connectivity index (χ0) is 18.4. The number of rotatable bonds is 7. The topological polar surface area (TPSA) is 89.3 Å². The van der Waals surface area contributed by atoms with Gasteiger partial charge in [0.1, 0.15) is 17.2 Å². The molecule has 7 heteroatoms. The van der Waals surface area contributed by atoms with Crippen LogP contribution in [0.5, 0.6) is 5.75 Å². The molecule has 0 saturated heterocycles. The second-order valence-electron chi connectivity index (χ2n) is 5.70. The number of nitrogens with one attached hydrogen (secondary N) is 2. The maximum atomic E-state index is 12.1. The molecule has 0 saturated carbocycles. The van der Waals surface area contributed by atoms with Gasteiger partial charge in [-0.3, -0.25) is 4.79 Å². The number of aromatic nitrogens is 2.